The molecule has 1 aromatic carbocycles. The molecule has 0 aromatic heterocycles. The van der Waals surface area contributed by atoms with Gasteiger partial charge in [-0.25, -0.2) is 4.79 Å². The summed E-state index contributed by atoms with van der Waals surface area (Å²) in [6.45, 7) is 5.67. The van der Waals surface area contributed by atoms with Gasteiger partial charge in [-0.05, 0) is 38.3 Å². The van der Waals surface area contributed by atoms with Crippen LogP contribution in [0.4, 0.5) is 5.69 Å². The third-order valence-corrected chi connectivity index (χ3v) is 3.66. The lowest BCUT2D eigenvalue weighted by atomic mass is 9.93. The summed E-state index contributed by atoms with van der Waals surface area (Å²) in [5, 5.41) is 3.35. The number of para-hydroxylation sites is 1. The van der Waals surface area contributed by atoms with Crippen LogP contribution in [0.25, 0.3) is 0 Å². The molecule has 0 spiro atoms. The summed E-state index contributed by atoms with van der Waals surface area (Å²) in [6.07, 6.45) is 1.98. The van der Waals surface area contributed by atoms with Crippen molar-refractivity contribution in [1.29, 1.82) is 0 Å². The van der Waals surface area contributed by atoms with E-state index in [0.717, 1.165) is 30.7 Å². The Morgan fingerprint density at radius 3 is 2.95 bits per heavy atom. The quantitative estimate of drug-likeness (QED) is 0.841. The van der Waals surface area contributed by atoms with Gasteiger partial charge in [0.05, 0.1) is 13.2 Å². The van der Waals surface area contributed by atoms with Crippen molar-refractivity contribution >= 4 is 11.7 Å². The number of aryl methyl sites for hydroxylation is 1. The number of hydrogen-bond donors (Lipinski definition) is 1. The Hall–Kier alpha value is -1.55. The van der Waals surface area contributed by atoms with Crippen LogP contribution in [0.15, 0.2) is 24.3 Å². The van der Waals surface area contributed by atoms with Crippen molar-refractivity contribution in [3.63, 3.8) is 0 Å². The van der Waals surface area contributed by atoms with Gasteiger partial charge in [-0.2, -0.15) is 0 Å². The zero-order valence-corrected chi connectivity index (χ0v) is 12.2. The van der Waals surface area contributed by atoms with Crippen molar-refractivity contribution in [3.8, 4) is 0 Å². The minimum atomic E-state index is -0.337. The summed E-state index contributed by atoms with van der Waals surface area (Å²) < 4.78 is 10.7. The molecule has 2 atom stereocenters. The van der Waals surface area contributed by atoms with Gasteiger partial charge in [0, 0.05) is 18.2 Å². The van der Waals surface area contributed by atoms with Gasteiger partial charge in [-0.1, -0.05) is 18.2 Å². The number of rotatable bonds is 5. The van der Waals surface area contributed by atoms with E-state index in [-0.39, 0.29) is 17.9 Å². The van der Waals surface area contributed by atoms with Gasteiger partial charge in [-0.15, -0.1) is 0 Å². The first kappa shape index (κ1) is 14.9. The number of carbonyl (C=O) groups excluding carboxylic acids is 1. The second kappa shape index (κ2) is 7.29. The third-order valence-electron chi connectivity index (χ3n) is 3.66. The fourth-order valence-electron chi connectivity index (χ4n) is 2.53. The Morgan fingerprint density at radius 1 is 1.50 bits per heavy atom. The summed E-state index contributed by atoms with van der Waals surface area (Å²) in [5.41, 5.74) is 2.11. The van der Waals surface area contributed by atoms with Crippen LogP contribution in [-0.4, -0.2) is 31.8 Å². The molecule has 4 heteroatoms. The normalized spacial score (nSPS) is 20.2. The van der Waals surface area contributed by atoms with Gasteiger partial charge in [0.15, 0.2) is 0 Å². The average Bonchev–Trinajstić information content (AvgIpc) is 2.47. The SMILES string of the molecule is CCOC(=O)C(Nc1ccccc1C)C1CCCOC1. The molecular formula is C16H23NO3. The van der Waals surface area contributed by atoms with E-state index in [1.165, 1.54) is 0 Å². The van der Waals surface area contributed by atoms with Crippen LogP contribution in [0.3, 0.4) is 0 Å². The number of ether oxygens (including phenoxy) is 2. The molecule has 1 aliphatic rings. The van der Waals surface area contributed by atoms with Crippen LogP contribution >= 0.6 is 0 Å². The van der Waals surface area contributed by atoms with Crippen molar-refractivity contribution in [2.24, 2.45) is 5.92 Å². The number of nitrogens with one attached hydrogen (secondary N) is 1. The van der Waals surface area contributed by atoms with Crippen LogP contribution in [0.5, 0.6) is 0 Å². The Morgan fingerprint density at radius 2 is 2.30 bits per heavy atom. The smallest absolute Gasteiger partial charge is 0.328 e. The molecule has 0 saturated carbocycles. The maximum Gasteiger partial charge on any atom is 0.328 e. The number of hydrogen-bond acceptors (Lipinski definition) is 4. The number of carbonyl (C=O) groups is 1. The maximum absolute atomic E-state index is 12.2. The lowest BCUT2D eigenvalue weighted by Gasteiger charge is -2.30. The fourth-order valence-corrected chi connectivity index (χ4v) is 2.53. The Bertz CT molecular complexity index is 441. The Kier molecular flexibility index (Phi) is 5.41. The Balaban J connectivity index is 2.13. The predicted molar refractivity (Wildman–Crippen MR) is 78.8 cm³/mol. The first-order valence-electron chi connectivity index (χ1n) is 7.29. The largest absolute Gasteiger partial charge is 0.464 e. The molecular weight excluding hydrogens is 254 g/mol. The highest BCUT2D eigenvalue weighted by atomic mass is 16.5. The molecule has 1 N–H and O–H groups in total. The molecule has 1 aliphatic heterocycles. The third kappa shape index (κ3) is 3.73. The molecule has 2 unspecified atom stereocenters. The van der Waals surface area contributed by atoms with E-state index >= 15 is 0 Å². The van der Waals surface area contributed by atoms with Crippen LogP contribution in [0.1, 0.15) is 25.3 Å². The maximum atomic E-state index is 12.2. The molecule has 110 valence electrons. The molecule has 0 amide bonds. The first-order chi connectivity index (χ1) is 9.72. The molecule has 1 saturated heterocycles. The van der Waals surface area contributed by atoms with E-state index in [1.54, 1.807) is 0 Å². The number of anilines is 1. The summed E-state index contributed by atoms with van der Waals surface area (Å²) in [5.74, 6) is -0.0198. The monoisotopic (exact) mass is 277 g/mol. The molecule has 20 heavy (non-hydrogen) atoms. The average molecular weight is 277 g/mol. The summed E-state index contributed by atoms with van der Waals surface area (Å²) >= 11 is 0. The molecule has 0 radical (unpaired) electrons. The molecule has 1 heterocycles. The standard InChI is InChI=1S/C16H23NO3/c1-3-20-16(18)15(13-8-6-10-19-11-13)17-14-9-5-4-7-12(14)2/h4-5,7,9,13,15,17H,3,6,8,10-11H2,1-2H3. The summed E-state index contributed by atoms with van der Waals surface area (Å²) in [6, 6.07) is 7.64. The van der Waals surface area contributed by atoms with E-state index in [1.807, 2.05) is 38.1 Å². The topological polar surface area (TPSA) is 47.6 Å². The van der Waals surface area contributed by atoms with Gasteiger partial charge < -0.3 is 14.8 Å². The molecule has 4 nitrogen and oxygen atoms in total. The van der Waals surface area contributed by atoms with E-state index in [4.69, 9.17) is 9.47 Å². The molecule has 0 aliphatic carbocycles. The highest BCUT2D eigenvalue weighted by molar-refractivity contribution is 5.80. The van der Waals surface area contributed by atoms with Gasteiger partial charge in [-0.3, -0.25) is 0 Å². The number of benzene rings is 1. The molecule has 0 bridgehead atoms. The van der Waals surface area contributed by atoms with Crippen molar-refractivity contribution in [2.75, 3.05) is 25.1 Å². The van der Waals surface area contributed by atoms with Crippen molar-refractivity contribution < 1.29 is 14.3 Å². The van der Waals surface area contributed by atoms with E-state index in [0.29, 0.717) is 13.2 Å². The highest BCUT2D eigenvalue weighted by Gasteiger charge is 2.31. The minimum Gasteiger partial charge on any atom is -0.464 e. The summed E-state index contributed by atoms with van der Waals surface area (Å²) in [4.78, 5) is 12.2. The van der Waals surface area contributed by atoms with Crippen LogP contribution in [0.2, 0.25) is 0 Å². The van der Waals surface area contributed by atoms with Crippen LogP contribution in [-0.2, 0) is 14.3 Å². The first-order valence-corrected chi connectivity index (χ1v) is 7.29. The van der Waals surface area contributed by atoms with Gasteiger partial charge in [0.2, 0.25) is 0 Å². The molecule has 1 aromatic rings. The van der Waals surface area contributed by atoms with Crippen molar-refractivity contribution in [3.05, 3.63) is 29.8 Å². The predicted octanol–water partition coefficient (Wildman–Crippen LogP) is 2.77. The van der Waals surface area contributed by atoms with Gasteiger partial charge in [0.25, 0.3) is 0 Å². The second-order valence-corrected chi connectivity index (χ2v) is 5.17. The lowest BCUT2D eigenvalue weighted by molar-refractivity contribution is -0.146. The van der Waals surface area contributed by atoms with Gasteiger partial charge >= 0.3 is 5.97 Å². The van der Waals surface area contributed by atoms with Crippen molar-refractivity contribution in [2.45, 2.75) is 32.7 Å². The highest BCUT2D eigenvalue weighted by Crippen LogP contribution is 2.23. The van der Waals surface area contributed by atoms with Crippen LogP contribution in [0, 0.1) is 12.8 Å². The zero-order chi connectivity index (χ0) is 14.4. The zero-order valence-electron chi connectivity index (χ0n) is 12.2. The fraction of sp³-hybridized carbons (Fsp3) is 0.562. The van der Waals surface area contributed by atoms with Crippen molar-refractivity contribution in [1.82, 2.24) is 0 Å². The molecule has 2 rings (SSSR count). The molecule has 1 fully saturated rings. The summed E-state index contributed by atoms with van der Waals surface area (Å²) in [7, 11) is 0. The Labute approximate surface area is 120 Å². The lowest BCUT2D eigenvalue weighted by Crippen LogP contribution is -2.42. The van der Waals surface area contributed by atoms with Crippen LogP contribution < -0.4 is 5.32 Å². The number of esters is 1. The van der Waals surface area contributed by atoms with E-state index in [9.17, 15) is 4.79 Å². The second-order valence-electron chi connectivity index (χ2n) is 5.17. The van der Waals surface area contributed by atoms with E-state index in [2.05, 4.69) is 5.32 Å². The minimum absolute atomic E-state index is 0.169. The van der Waals surface area contributed by atoms with E-state index < -0.39 is 0 Å². The van der Waals surface area contributed by atoms with Gasteiger partial charge in [0.1, 0.15) is 6.04 Å².